The van der Waals surface area contributed by atoms with E-state index in [1.54, 1.807) is 6.20 Å². The number of aromatic nitrogens is 1. The normalized spacial score (nSPS) is 20.2. The molecule has 4 rings (SSSR count). The van der Waals surface area contributed by atoms with Crippen LogP contribution in [-0.4, -0.2) is 17.4 Å². The third-order valence-electron chi connectivity index (χ3n) is 4.85. The summed E-state index contributed by atoms with van der Waals surface area (Å²) in [6.07, 6.45) is 2.56. The molecule has 0 aliphatic carbocycles. The third kappa shape index (κ3) is 2.37. The van der Waals surface area contributed by atoms with Gasteiger partial charge in [0.1, 0.15) is 0 Å². The van der Waals surface area contributed by atoms with Gasteiger partial charge in [-0.05, 0) is 38.0 Å². The predicted octanol–water partition coefficient (Wildman–Crippen LogP) is 4.14. The first-order valence-electron chi connectivity index (χ1n) is 8.28. The summed E-state index contributed by atoms with van der Waals surface area (Å²) >= 11 is 0. The number of β-lactam (4-membered cyclic amide) rings is 1. The largest absolute Gasteiger partial charge is 0.309 e. The average Bonchev–Trinajstić information content (AvgIpc) is 2.59. The molecule has 3 aromatic rings. The second kappa shape index (κ2) is 5.45. The number of anilines is 1. The van der Waals surface area contributed by atoms with E-state index in [9.17, 15) is 4.79 Å². The molecule has 3 heteroatoms. The lowest BCUT2D eigenvalue weighted by atomic mass is 9.75. The van der Waals surface area contributed by atoms with Crippen LogP contribution in [0.1, 0.15) is 18.1 Å². The topological polar surface area (TPSA) is 33.2 Å². The Balaban J connectivity index is 1.61. The van der Waals surface area contributed by atoms with Gasteiger partial charge >= 0.3 is 0 Å². The second-order valence-electron chi connectivity index (χ2n) is 6.97. The van der Waals surface area contributed by atoms with E-state index in [0.717, 1.165) is 29.6 Å². The molecule has 1 aliphatic heterocycles. The van der Waals surface area contributed by atoms with Crippen molar-refractivity contribution < 1.29 is 4.79 Å². The van der Waals surface area contributed by atoms with E-state index in [1.807, 2.05) is 35.2 Å². The molecule has 0 saturated carbocycles. The van der Waals surface area contributed by atoms with Crippen LogP contribution in [0.2, 0.25) is 0 Å². The minimum absolute atomic E-state index is 0.183. The average molecular weight is 316 g/mol. The van der Waals surface area contributed by atoms with Crippen LogP contribution in [0.4, 0.5) is 5.69 Å². The third-order valence-corrected chi connectivity index (χ3v) is 4.85. The van der Waals surface area contributed by atoms with Crippen LogP contribution in [0.15, 0.2) is 60.8 Å². The van der Waals surface area contributed by atoms with Crippen molar-refractivity contribution in [3.8, 4) is 0 Å². The molecule has 0 N–H and O–H groups in total. The molecule has 1 aromatic heterocycles. The number of fused-ring (bicyclic) bond motifs is 1. The highest BCUT2D eigenvalue weighted by Crippen LogP contribution is 2.40. The quantitative estimate of drug-likeness (QED) is 0.680. The molecule has 0 radical (unpaired) electrons. The van der Waals surface area contributed by atoms with Crippen molar-refractivity contribution in [1.82, 2.24) is 4.98 Å². The molecule has 120 valence electrons. The molecular formula is C21H20N2O. The standard InChI is InChI=1S/C21H20N2O/c1-15-6-3-7-16(12-15)13-21(2)14-23(20(21)24)18-10-4-8-17-9-5-11-22-19(17)18/h3-12H,13-14H2,1-2H3. The maximum Gasteiger partial charge on any atom is 0.235 e. The Morgan fingerprint density at radius 1 is 1.12 bits per heavy atom. The number of carbonyl (C=O) groups is 1. The molecule has 1 saturated heterocycles. The lowest BCUT2D eigenvalue weighted by Gasteiger charge is -2.47. The summed E-state index contributed by atoms with van der Waals surface area (Å²) in [5, 5.41) is 1.06. The molecule has 1 aliphatic rings. The number of hydrogen-bond donors (Lipinski definition) is 0. The number of pyridine rings is 1. The highest BCUT2D eigenvalue weighted by molar-refractivity contribution is 6.09. The molecule has 24 heavy (non-hydrogen) atoms. The number of amides is 1. The predicted molar refractivity (Wildman–Crippen MR) is 97.1 cm³/mol. The van der Waals surface area contributed by atoms with Crippen molar-refractivity contribution in [2.45, 2.75) is 20.3 Å². The summed E-state index contributed by atoms with van der Waals surface area (Å²) in [6, 6.07) is 18.4. The number of rotatable bonds is 3. The van der Waals surface area contributed by atoms with Crippen molar-refractivity contribution in [3.63, 3.8) is 0 Å². The van der Waals surface area contributed by atoms with E-state index in [0.29, 0.717) is 0 Å². The van der Waals surface area contributed by atoms with Gasteiger partial charge in [-0.15, -0.1) is 0 Å². The van der Waals surface area contributed by atoms with Crippen LogP contribution in [0.3, 0.4) is 0 Å². The molecule has 1 unspecified atom stereocenters. The van der Waals surface area contributed by atoms with E-state index in [1.165, 1.54) is 11.1 Å². The van der Waals surface area contributed by atoms with E-state index < -0.39 is 0 Å². The smallest absolute Gasteiger partial charge is 0.235 e. The summed E-state index contributed by atoms with van der Waals surface area (Å²) in [5.74, 6) is 0.183. The molecular weight excluding hydrogens is 296 g/mol. The number of aryl methyl sites for hydroxylation is 1. The Kier molecular flexibility index (Phi) is 3.38. The van der Waals surface area contributed by atoms with Gasteiger partial charge in [0.2, 0.25) is 5.91 Å². The number of benzene rings is 2. The van der Waals surface area contributed by atoms with Crippen molar-refractivity contribution in [2.24, 2.45) is 5.41 Å². The zero-order valence-corrected chi connectivity index (χ0v) is 14.0. The number of nitrogens with zero attached hydrogens (tertiary/aromatic N) is 2. The van der Waals surface area contributed by atoms with E-state index in [-0.39, 0.29) is 11.3 Å². The van der Waals surface area contributed by atoms with E-state index in [4.69, 9.17) is 0 Å². The maximum absolute atomic E-state index is 12.9. The summed E-state index contributed by atoms with van der Waals surface area (Å²) in [4.78, 5) is 19.2. The van der Waals surface area contributed by atoms with Gasteiger partial charge in [0.15, 0.2) is 0 Å². The van der Waals surface area contributed by atoms with Crippen LogP contribution < -0.4 is 4.90 Å². The van der Waals surface area contributed by atoms with Crippen molar-refractivity contribution in [2.75, 3.05) is 11.4 Å². The van der Waals surface area contributed by atoms with Gasteiger partial charge in [0, 0.05) is 18.1 Å². The molecule has 1 fully saturated rings. The summed E-state index contributed by atoms with van der Waals surface area (Å²) in [7, 11) is 0. The molecule has 1 atom stereocenters. The zero-order valence-electron chi connectivity index (χ0n) is 14.0. The van der Waals surface area contributed by atoms with Gasteiger partial charge in [-0.2, -0.15) is 0 Å². The first-order valence-corrected chi connectivity index (χ1v) is 8.28. The first-order chi connectivity index (χ1) is 11.6. The minimum atomic E-state index is -0.329. The van der Waals surface area contributed by atoms with Gasteiger partial charge in [-0.25, -0.2) is 0 Å². The Hall–Kier alpha value is -2.68. The lowest BCUT2D eigenvalue weighted by Crippen LogP contribution is -2.61. The summed E-state index contributed by atoms with van der Waals surface area (Å²) < 4.78 is 0. The lowest BCUT2D eigenvalue weighted by molar-refractivity contribution is -0.133. The molecule has 0 bridgehead atoms. The SMILES string of the molecule is Cc1cccc(CC2(C)CN(c3cccc4cccnc34)C2=O)c1. The molecule has 1 amide bonds. The Morgan fingerprint density at radius 3 is 2.71 bits per heavy atom. The summed E-state index contributed by atoms with van der Waals surface area (Å²) in [6.45, 7) is 4.88. The van der Waals surface area contributed by atoms with Gasteiger partial charge in [-0.1, -0.05) is 48.0 Å². The monoisotopic (exact) mass is 316 g/mol. The van der Waals surface area contributed by atoms with Crippen LogP contribution in [0.5, 0.6) is 0 Å². The Labute approximate surface area is 141 Å². The molecule has 0 spiro atoms. The Bertz CT molecular complexity index is 929. The van der Waals surface area contributed by atoms with Crippen molar-refractivity contribution in [1.29, 1.82) is 0 Å². The fourth-order valence-electron chi connectivity index (χ4n) is 3.63. The van der Waals surface area contributed by atoms with Gasteiger partial charge in [0.25, 0.3) is 0 Å². The minimum Gasteiger partial charge on any atom is -0.309 e. The van der Waals surface area contributed by atoms with Crippen LogP contribution >= 0.6 is 0 Å². The van der Waals surface area contributed by atoms with E-state index in [2.05, 4.69) is 43.1 Å². The fraction of sp³-hybridized carbons (Fsp3) is 0.238. The van der Waals surface area contributed by atoms with Crippen molar-refractivity contribution in [3.05, 3.63) is 71.9 Å². The summed E-state index contributed by atoms with van der Waals surface area (Å²) in [5.41, 5.74) is 3.94. The van der Waals surface area contributed by atoms with Gasteiger partial charge < -0.3 is 4.90 Å². The molecule has 2 heterocycles. The van der Waals surface area contributed by atoms with Crippen molar-refractivity contribution >= 4 is 22.5 Å². The van der Waals surface area contributed by atoms with Crippen LogP contribution in [-0.2, 0) is 11.2 Å². The maximum atomic E-state index is 12.9. The van der Waals surface area contributed by atoms with Crippen LogP contribution in [0, 0.1) is 12.3 Å². The van der Waals surface area contributed by atoms with Gasteiger partial charge in [-0.3, -0.25) is 9.78 Å². The second-order valence-corrected chi connectivity index (χ2v) is 6.97. The zero-order chi connectivity index (χ0) is 16.7. The molecule has 3 nitrogen and oxygen atoms in total. The first kappa shape index (κ1) is 14.9. The van der Waals surface area contributed by atoms with Crippen LogP contribution in [0.25, 0.3) is 10.9 Å². The Morgan fingerprint density at radius 2 is 1.92 bits per heavy atom. The highest BCUT2D eigenvalue weighted by Gasteiger charge is 2.49. The number of carbonyl (C=O) groups excluding carboxylic acids is 1. The van der Waals surface area contributed by atoms with Gasteiger partial charge in [0.05, 0.1) is 16.6 Å². The fourth-order valence-corrected chi connectivity index (χ4v) is 3.63. The number of hydrogen-bond acceptors (Lipinski definition) is 2. The number of para-hydroxylation sites is 1. The highest BCUT2D eigenvalue weighted by atomic mass is 16.2. The molecule has 2 aromatic carbocycles. The van der Waals surface area contributed by atoms with E-state index >= 15 is 0 Å².